The number of fused-ring (bicyclic) bond motifs is 1. The van der Waals surface area contributed by atoms with Gasteiger partial charge in [-0.3, -0.25) is 9.78 Å². The highest BCUT2D eigenvalue weighted by Crippen LogP contribution is 2.31. The Bertz CT molecular complexity index is 854. The Kier molecular flexibility index (Phi) is 3.88. The molecule has 1 fully saturated rings. The van der Waals surface area contributed by atoms with Gasteiger partial charge in [0.05, 0.1) is 16.6 Å². The van der Waals surface area contributed by atoms with Crippen molar-refractivity contribution in [2.45, 2.75) is 32.6 Å². The molecule has 1 aliphatic rings. The number of carbonyl (C=O) groups excluding carboxylic acids is 1. The summed E-state index contributed by atoms with van der Waals surface area (Å²) in [5.41, 5.74) is 5.38. The van der Waals surface area contributed by atoms with Gasteiger partial charge in [0.2, 0.25) is 0 Å². The molecule has 3 aromatic heterocycles. The molecule has 0 bridgehead atoms. The van der Waals surface area contributed by atoms with Crippen LogP contribution < -0.4 is 0 Å². The van der Waals surface area contributed by atoms with Gasteiger partial charge >= 0.3 is 0 Å². The van der Waals surface area contributed by atoms with Crippen LogP contribution in [0.5, 0.6) is 0 Å². The number of rotatable bonds is 2. The van der Waals surface area contributed by atoms with Crippen molar-refractivity contribution in [1.29, 1.82) is 0 Å². The summed E-state index contributed by atoms with van der Waals surface area (Å²) in [4.78, 5) is 23.9. The number of hydrogen-bond acceptors (Lipinski definition) is 3. The first-order chi connectivity index (χ1) is 11.6. The summed E-state index contributed by atoms with van der Waals surface area (Å²) in [6, 6.07) is 6.17. The molecule has 3 aromatic rings. The Morgan fingerprint density at radius 3 is 2.79 bits per heavy atom. The topological polar surface area (TPSA) is 49.0 Å². The van der Waals surface area contributed by atoms with Crippen LogP contribution in [0.4, 0.5) is 0 Å². The molecule has 5 heteroatoms. The summed E-state index contributed by atoms with van der Waals surface area (Å²) in [5, 5.41) is 2.00. The number of likely N-dealkylation sites (tertiary alicyclic amines) is 1. The summed E-state index contributed by atoms with van der Waals surface area (Å²) in [6.07, 6.45) is 3.83. The highest BCUT2D eigenvalue weighted by atomic mass is 32.1. The zero-order chi connectivity index (χ0) is 16.7. The number of aromatic nitrogens is 2. The number of pyridine rings is 1. The highest BCUT2D eigenvalue weighted by molar-refractivity contribution is 7.10. The third kappa shape index (κ3) is 2.63. The molecule has 1 amide bonds. The molecule has 1 aliphatic heterocycles. The molecule has 124 valence electrons. The molecule has 0 radical (unpaired) electrons. The lowest BCUT2D eigenvalue weighted by Crippen LogP contribution is -2.38. The molecule has 0 aliphatic carbocycles. The maximum atomic E-state index is 12.7. The number of thiophene rings is 1. The molecule has 0 aromatic carbocycles. The van der Waals surface area contributed by atoms with Crippen LogP contribution in [0.2, 0.25) is 0 Å². The van der Waals surface area contributed by atoms with E-state index in [-0.39, 0.29) is 5.91 Å². The fourth-order valence-corrected chi connectivity index (χ4v) is 4.34. The standard InChI is InChI=1S/C19H21N3OS/c1-12-13(2)24-11-15(12)19(23)22-8-5-14(6-9-22)17-10-18-16(21-17)4-3-7-20-18/h3-4,7,10-11,14,21H,5-6,8-9H2,1-2H3. The van der Waals surface area contributed by atoms with Crippen LogP contribution in [-0.4, -0.2) is 33.9 Å². The highest BCUT2D eigenvalue weighted by Gasteiger charge is 2.26. The van der Waals surface area contributed by atoms with Crippen molar-refractivity contribution >= 4 is 28.3 Å². The van der Waals surface area contributed by atoms with Crippen LogP contribution in [0, 0.1) is 13.8 Å². The molecule has 4 heterocycles. The molecule has 4 nitrogen and oxygen atoms in total. The predicted molar refractivity (Wildman–Crippen MR) is 97.8 cm³/mol. The van der Waals surface area contributed by atoms with Crippen molar-refractivity contribution in [3.63, 3.8) is 0 Å². The van der Waals surface area contributed by atoms with Crippen LogP contribution in [0.1, 0.15) is 45.3 Å². The second-order valence-electron chi connectivity index (χ2n) is 6.56. The van der Waals surface area contributed by atoms with Crippen LogP contribution >= 0.6 is 11.3 Å². The predicted octanol–water partition coefficient (Wildman–Crippen LogP) is 4.26. The minimum atomic E-state index is 0.189. The SMILES string of the molecule is Cc1scc(C(=O)N2CCC(c3cc4ncccc4[nH]3)CC2)c1C. The number of H-pyrrole nitrogens is 1. The minimum Gasteiger partial charge on any atom is -0.357 e. The van der Waals surface area contributed by atoms with Gasteiger partial charge in [-0.25, -0.2) is 0 Å². The van der Waals surface area contributed by atoms with E-state index in [0.717, 1.165) is 48.1 Å². The first-order valence-corrected chi connectivity index (χ1v) is 9.29. The summed E-state index contributed by atoms with van der Waals surface area (Å²) in [6.45, 7) is 5.76. The minimum absolute atomic E-state index is 0.189. The number of nitrogens with one attached hydrogen (secondary N) is 1. The smallest absolute Gasteiger partial charge is 0.254 e. The second kappa shape index (κ2) is 6.06. The quantitative estimate of drug-likeness (QED) is 0.758. The van der Waals surface area contributed by atoms with Gasteiger partial charge in [0.25, 0.3) is 5.91 Å². The number of amides is 1. The summed E-state index contributed by atoms with van der Waals surface area (Å²) >= 11 is 1.66. The largest absolute Gasteiger partial charge is 0.357 e. The van der Waals surface area contributed by atoms with E-state index in [9.17, 15) is 4.79 Å². The average Bonchev–Trinajstić information content (AvgIpc) is 3.19. The lowest BCUT2D eigenvalue weighted by atomic mass is 9.93. The van der Waals surface area contributed by atoms with E-state index in [1.165, 1.54) is 10.6 Å². The van der Waals surface area contributed by atoms with Crippen molar-refractivity contribution in [3.8, 4) is 0 Å². The lowest BCUT2D eigenvalue weighted by Gasteiger charge is -2.31. The molecule has 4 rings (SSSR count). The number of hydrogen-bond donors (Lipinski definition) is 1. The third-order valence-electron chi connectivity index (χ3n) is 5.15. The molecule has 0 spiro atoms. The Balaban J connectivity index is 1.46. The van der Waals surface area contributed by atoms with Crippen LogP contribution in [-0.2, 0) is 0 Å². The number of aryl methyl sites for hydroxylation is 1. The molecule has 24 heavy (non-hydrogen) atoms. The van der Waals surface area contributed by atoms with Gasteiger partial charge in [-0.15, -0.1) is 11.3 Å². The summed E-state index contributed by atoms with van der Waals surface area (Å²) < 4.78 is 0. The van der Waals surface area contributed by atoms with Crippen molar-refractivity contribution in [2.75, 3.05) is 13.1 Å². The van der Waals surface area contributed by atoms with Gasteiger partial charge in [-0.2, -0.15) is 0 Å². The van der Waals surface area contributed by atoms with E-state index in [1.54, 1.807) is 11.3 Å². The molecule has 0 unspecified atom stereocenters. The maximum absolute atomic E-state index is 12.7. The van der Waals surface area contributed by atoms with Crippen molar-refractivity contribution in [2.24, 2.45) is 0 Å². The van der Waals surface area contributed by atoms with E-state index in [0.29, 0.717) is 5.92 Å². The van der Waals surface area contributed by atoms with Gasteiger partial charge in [-0.05, 0) is 50.5 Å². The first-order valence-electron chi connectivity index (χ1n) is 8.41. The van der Waals surface area contributed by atoms with E-state index in [1.807, 2.05) is 29.5 Å². The average molecular weight is 339 g/mol. The Hall–Kier alpha value is -2.14. The van der Waals surface area contributed by atoms with E-state index >= 15 is 0 Å². The van der Waals surface area contributed by atoms with Gasteiger partial charge in [0.15, 0.2) is 0 Å². The van der Waals surface area contributed by atoms with Gasteiger partial charge < -0.3 is 9.88 Å². The number of aromatic amines is 1. The lowest BCUT2D eigenvalue weighted by molar-refractivity contribution is 0.0712. The Labute approximate surface area is 145 Å². The summed E-state index contributed by atoms with van der Waals surface area (Å²) in [5.74, 6) is 0.669. The van der Waals surface area contributed by atoms with E-state index in [2.05, 4.69) is 29.0 Å². The normalized spacial score (nSPS) is 16.0. The van der Waals surface area contributed by atoms with Gasteiger partial charge in [0.1, 0.15) is 0 Å². The summed E-state index contributed by atoms with van der Waals surface area (Å²) in [7, 11) is 0. The Morgan fingerprint density at radius 1 is 1.33 bits per heavy atom. The van der Waals surface area contributed by atoms with E-state index < -0.39 is 0 Å². The van der Waals surface area contributed by atoms with Crippen LogP contribution in [0.3, 0.4) is 0 Å². The monoisotopic (exact) mass is 339 g/mol. The Morgan fingerprint density at radius 2 is 2.12 bits per heavy atom. The first kappa shape index (κ1) is 15.4. The molecule has 1 saturated heterocycles. The molecule has 0 atom stereocenters. The molecular formula is C19H21N3OS. The molecule has 0 saturated carbocycles. The zero-order valence-electron chi connectivity index (χ0n) is 14.0. The maximum Gasteiger partial charge on any atom is 0.254 e. The third-order valence-corrected chi connectivity index (χ3v) is 6.16. The fourth-order valence-electron chi connectivity index (χ4n) is 3.49. The number of nitrogens with zero attached hydrogens (tertiary/aromatic N) is 2. The number of piperidine rings is 1. The van der Waals surface area contributed by atoms with Crippen molar-refractivity contribution < 1.29 is 4.79 Å². The molecular weight excluding hydrogens is 318 g/mol. The zero-order valence-corrected chi connectivity index (χ0v) is 14.8. The van der Waals surface area contributed by atoms with Crippen molar-refractivity contribution in [3.05, 3.63) is 51.5 Å². The number of carbonyl (C=O) groups is 1. The van der Waals surface area contributed by atoms with E-state index in [4.69, 9.17) is 0 Å². The second-order valence-corrected chi connectivity index (χ2v) is 7.64. The van der Waals surface area contributed by atoms with Crippen LogP contribution in [0.15, 0.2) is 29.8 Å². The van der Waals surface area contributed by atoms with Crippen molar-refractivity contribution in [1.82, 2.24) is 14.9 Å². The fraction of sp³-hybridized carbons (Fsp3) is 0.368. The van der Waals surface area contributed by atoms with Gasteiger partial charge in [-0.1, -0.05) is 0 Å². The van der Waals surface area contributed by atoms with Crippen LogP contribution in [0.25, 0.3) is 11.0 Å². The van der Waals surface area contributed by atoms with Gasteiger partial charge in [0, 0.05) is 41.2 Å². The molecule has 1 N–H and O–H groups in total.